The van der Waals surface area contributed by atoms with Gasteiger partial charge in [-0.05, 0) is 35.9 Å². The Hall–Kier alpha value is -3.03. The van der Waals surface area contributed by atoms with Gasteiger partial charge in [-0.15, -0.1) is 0 Å². The quantitative estimate of drug-likeness (QED) is 0.214. The molecular formula is C21H17ClN2O4S. The van der Waals surface area contributed by atoms with E-state index in [1.54, 1.807) is 24.3 Å². The average molecular weight is 429 g/mol. The van der Waals surface area contributed by atoms with Crippen LogP contribution in [-0.2, 0) is 17.8 Å². The Labute approximate surface area is 176 Å². The lowest BCUT2D eigenvalue weighted by Crippen LogP contribution is -2.02. The van der Waals surface area contributed by atoms with Crippen LogP contribution in [0.3, 0.4) is 0 Å². The molecule has 0 spiro atoms. The third-order valence-electron chi connectivity index (χ3n) is 4.17. The summed E-state index contributed by atoms with van der Waals surface area (Å²) in [5.41, 5.74) is 1.94. The molecule has 0 bridgehead atoms. The molecule has 0 saturated heterocycles. The van der Waals surface area contributed by atoms with Crippen molar-refractivity contribution in [1.82, 2.24) is 0 Å². The van der Waals surface area contributed by atoms with Crippen molar-refractivity contribution in [2.24, 2.45) is 0 Å². The van der Waals surface area contributed by atoms with Gasteiger partial charge in [-0.25, -0.2) is 0 Å². The number of halogens is 1. The third-order valence-corrected chi connectivity index (χ3v) is 5.52. The Morgan fingerprint density at radius 2 is 1.83 bits per heavy atom. The first-order valence-corrected chi connectivity index (χ1v) is 9.86. The zero-order valence-corrected chi connectivity index (χ0v) is 16.7. The van der Waals surface area contributed by atoms with Crippen molar-refractivity contribution < 1.29 is 14.8 Å². The fraction of sp³-hybridized carbons (Fsp3) is 0.0952. The molecular weight excluding hydrogens is 412 g/mol. The number of rotatable bonds is 8. The first-order chi connectivity index (χ1) is 14.0. The number of phenolic OH excluding ortho intramolecular Hbond substituents is 1. The number of hydrogen-bond acceptors (Lipinski definition) is 6. The fourth-order valence-corrected chi connectivity index (χ4v) is 3.92. The minimum atomic E-state index is -0.428. The summed E-state index contributed by atoms with van der Waals surface area (Å²) >= 11 is 7.58. The van der Waals surface area contributed by atoms with Crippen molar-refractivity contribution in [3.63, 3.8) is 0 Å². The van der Waals surface area contributed by atoms with Gasteiger partial charge in [0.15, 0.2) is 0 Å². The molecule has 3 rings (SSSR count). The van der Waals surface area contributed by atoms with Gasteiger partial charge in [0.25, 0.3) is 5.69 Å². The summed E-state index contributed by atoms with van der Waals surface area (Å²) in [5, 5.41) is 24.8. The van der Waals surface area contributed by atoms with E-state index in [-0.39, 0.29) is 17.9 Å². The van der Waals surface area contributed by atoms with Crippen LogP contribution in [0.1, 0.15) is 11.1 Å². The first-order valence-electron chi connectivity index (χ1n) is 8.67. The zero-order chi connectivity index (χ0) is 20.8. The number of nitro benzene ring substituents is 1. The van der Waals surface area contributed by atoms with Crippen molar-refractivity contribution in [2.75, 3.05) is 5.32 Å². The third kappa shape index (κ3) is 5.28. The molecule has 0 aromatic heterocycles. The number of non-ortho nitro benzene ring substituents is 1. The summed E-state index contributed by atoms with van der Waals surface area (Å²) < 4.78 is 0. The Morgan fingerprint density at radius 1 is 1.10 bits per heavy atom. The SMILES string of the molecule is O=CCc1cc(Cl)cc(NCc2ccccc2Sc2ccc([N+](=O)[O-])cc2)c1O. The monoisotopic (exact) mass is 428 g/mol. The molecule has 0 atom stereocenters. The van der Waals surface area contributed by atoms with E-state index in [0.717, 1.165) is 15.4 Å². The minimum absolute atomic E-state index is 0.00185. The van der Waals surface area contributed by atoms with Crippen LogP contribution in [0.25, 0.3) is 0 Å². The van der Waals surface area contributed by atoms with Crippen molar-refractivity contribution >= 4 is 41.0 Å². The Kier molecular flexibility index (Phi) is 6.74. The molecule has 0 unspecified atom stereocenters. The molecule has 3 aromatic rings. The summed E-state index contributed by atoms with van der Waals surface area (Å²) in [6.07, 6.45) is 0.791. The molecule has 0 aliphatic rings. The Bertz CT molecular complexity index is 1040. The van der Waals surface area contributed by atoms with Gasteiger partial charge in [0, 0.05) is 45.5 Å². The van der Waals surface area contributed by atoms with Crippen LogP contribution in [0.5, 0.6) is 5.75 Å². The van der Waals surface area contributed by atoms with E-state index in [0.29, 0.717) is 29.1 Å². The summed E-state index contributed by atoms with van der Waals surface area (Å²) in [4.78, 5) is 23.0. The lowest BCUT2D eigenvalue weighted by atomic mass is 10.1. The molecule has 0 aliphatic heterocycles. The van der Waals surface area contributed by atoms with Gasteiger partial charge in [-0.3, -0.25) is 10.1 Å². The Balaban J connectivity index is 1.78. The number of carbonyl (C=O) groups is 1. The first kappa shape index (κ1) is 20.7. The second-order valence-corrected chi connectivity index (χ2v) is 7.70. The van der Waals surface area contributed by atoms with E-state index in [4.69, 9.17) is 11.6 Å². The van der Waals surface area contributed by atoms with Crippen molar-refractivity contribution in [3.05, 3.63) is 86.9 Å². The van der Waals surface area contributed by atoms with Gasteiger partial charge >= 0.3 is 0 Å². The summed E-state index contributed by atoms with van der Waals surface area (Å²) in [5.74, 6) is 0.00185. The van der Waals surface area contributed by atoms with E-state index >= 15 is 0 Å². The van der Waals surface area contributed by atoms with Gasteiger partial charge in [0.05, 0.1) is 10.6 Å². The molecule has 2 N–H and O–H groups in total. The molecule has 8 heteroatoms. The molecule has 0 saturated carbocycles. The van der Waals surface area contributed by atoms with E-state index < -0.39 is 4.92 Å². The number of aldehydes is 1. The van der Waals surface area contributed by atoms with Crippen molar-refractivity contribution in [2.45, 2.75) is 22.8 Å². The molecule has 3 aromatic carbocycles. The molecule has 6 nitrogen and oxygen atoms in total. The van der Waals surface area contributed by atoms with Crippen LogP contribution in [0, 0.1) is 10.1 Å². The lowest BCUT2D eigenvalue weighted by Gasteiger charge is -2.14. The highest BCUT2D eigenvalue weighted by molar-refractivity contribution is 7.99. The zero-order valence-electron chi connectivity index (χ0n) is 15.2. The van der Waals surface area contributed by atoms with E-state index in [9.17, 15) is 20.0 Å². The standard InChI is InChI=1S/C21H17ClN2O4S/c22-16-11-14(9-10-25)21(26)19(12-16)23-13-15-3-1-2-4-20(15)29-18-7-5-17(6-8-18)24(27)28/h1-8,10-12,23,26H,9,13H2. The second kappa shape index (κ2) is 9.45. The number of nitro groups is 1. The molecule has 0 fully saturated rings. The molecule has 148 valence electrons. The highest BCUT2D eigenvalue weighted by atomic mass is 35.5. The maximum atomic E-state index is 10.8. The van der Waals surface area contributed by atoms with Crippen LogP contribution in [0.2, 0.25) is 5.02 Å². The van der Waals surface area contributed by atoms with Crippen LogP contribution >= 0.6 is 23.4 Å². The van der Waals surface area contributed by atoms with Crippen LogP contribution in [0.15, 0.2) is 70.5 Å². The number of aromatic hydroxyl groups is 1. The number of anilines is 1. The minimum Gasteiger partial charge on any atom is -0.505 e. The normalized spacial score (nSPS) is 10.5. The molecule has 0 aliphatic carbocycles. The van der Waals surface area contributed by atoms with Crippen LogP contribution < -0.4 is 5.32 Å². The smallest absolute Gasteiger partial charge is 0.269 e. The van der Waals surface area contributed by atoms with Crippen LogP contribution in [-0.4, -0.2) is 16.3 Å². The van der Waals surface area contributed by atoms with E-state index in [1.807, 2.05) is 24.3 Å². The Morgan fingerprint density at radius 3 is 2.52 bits per heavy atom. The van der Waals surface area contributed by atoms with E-state index in [1.165, 1.54) is 23.9 Å². The maximum absolute atomic E-state index is 10.8. The lowest BCUT2D eigenvalue weighted by molar-refractivity contribution is -0.384. The van der Waals surface area contributed by atoms with Gasteiger partial charge in [-0.1, -0.05) is 41.6 Å². The predicted octanol–water partition coefficient (Wildman–Crippen LogP) is 5.46. The summed E-state index contributed by atoms with van der Waals surface area (Å²) in [6, 6.07) is 17.3. The summed E-state index contributed by atoms with van der Waals surface area (Å²) in [6.45, 7) is 0.421. The second-order valence-electron chi connectivity index (χ2n) is 6.15. The fourth-order valence-electron chi connectivity index (χ4n) is 2.74. The number of nitrogens with zero attached hydrogens (tertiary/aromatic N) is 1. The topological polar surface area (TPSA) is 92.5 Å². The average Bonchev–Trinajstić information content (AvgIpc) is 2.71. The number of hydrogen-bond donors (Lipinski definition) is 2. The van der Waals surface area contributed by atoms with Gasteiger partial charge in [0.1, 0.15) is 12.0 Å². The highest BCUT2D eigenvalue weighted by Gasteiger charge is 2.11. The van der Waals surface area contributed by atoms with E-state index in [2.05, 4.69) is 5.32 Å². The van der Waals surface area contributed by atoms with Crippen LogP contribution in [0.4, 0.5) is 11.4 Å². The number of carbonyl (C=O) groups excluding carboxylic acids is 1. The molecule has 0 amide bonds. The largest absolute Gasteiger partial charge is 0.505 e. The maximum Gasteiger partial charge on any atom is 0.269 e. The van der Waals surface area contributed by atoms with Gasteiger partial charge in [0.2, 0.25) is 0 Å². The van der Waals surface area contributed by atoms with Crippen molar-refractivity contribution in [3.8, 4) is 5.75 Å². The summed E-state index contributed by atoms with van der Waals surface area (Å²) in [7, 11) is 0. The highest BCUT2D eigenvalue weighted by Crippen LogP contribution is 2.34. The number of benzene rings is 3. The molecule has 29 heavy (non-hydrogen) atoms. The molecule has 0 heterocycles. The van der Waals surface area contributed by atoms with Gasteiger partial charge in [-0.2, -0.15) is 0 Å². The predicted molar refractivity (Wildman–Crippen MR) is 114 cm³/mol. The van der Waals surface area contributed by atoms with Crippen molar-refractivity contribution in [1.29, 1.82) is 0 Å². The number of phenols is 1. The van der Waals surface area contributed by atoms with Gasteiger partial charge < -0.3 is 15.2 Å². The molecule has 0 radical (unpaired) electrons. The number of nitrogens with one attached hydrogen (secondary N) is 1.